The maximum absolute atomic E-state index is 10.6. The lowest BCUT2D eigenvalue weighted by molar-refractivity contribution is 0.617. The van der Waals surface area contributed by atoms with Gasteiger partial charge < -0.3 is 0 Å². The van der Waals surface area contributed by atoms with E-state index in [-0.39, 0.29) is 0 Å². The molecule has 0 aliphatic carbocycles. The van der Waals surface area contributed by atoms with Crippen LogP contribution in [0.25, 0.3) is 6.08 Å². The topological polar surface area (TPSA) is 34.1 Å². The van der Waals surface area contributed by atoms with Crippen molar-refractivity contribution in [3.05, 3.63) is 39.2 Å². The van der Waals surface area contributed by atoms with Crippen LogP contribution in [0.15, 0.2) is 23.6 Å². The Morgan fingerprint density at radius 1 is 1.21 bits per heavy atom. The summed E-state index contributed by atoms with van der Waals surface area (Å²) in [4.78, 5) is 0. The minimum atomic E-state index is -3.66. The summed E-state index contributed by atoms with van der Waals surface area (Å²) in [7, 11) is 1.32. The van der Waals surface area contributed by atoms with Crippen molar-refractivity contribution in [1.29, 1.82) is 0 Å². The van der Waals surface area contributed by atoms with Gasteiger partial charge >= 0.3 is 0 Å². The molecule has 0 aliphatic heterocycles. The molecule has 0 aliphatic rings. The molecule has 1 rings (SSSR count). The highest BCUT2D eigenvalue weighted by Gasteiger charge is 2.00. The molecular weight excluding hydrogens is 267 g/mol. The zero-order valence-corrected chi connectivity index (χ0v) is 9.83. The van der Waals surface area contributed by atoms with Crippen LogP contribution in [0.1, 0.15) is 5.56 Å². The molecule has 1 aromatic rings. The van der Waals surface area contributed by atoms with Crippen LogP contribution in [0.5, 0.6) is 0 Å². The Bertz CT molecular complexity index is 465. The van der Waals surface area contributed by atoms with Gasteiger partial charge in [0.15, 0.2) is 0 Å². The fourth-order valence-corrected chi connectivity index (χ4v) is 1.62. The van der Waals surface area contributed by atoms with E-state index >= 15 is 0 Å². The zero-order chi connectivity index (χ0) is 10.8. The summed E-state index contributed by atoms with van der Waals surface area (Å²) in [5, 5.41) is 1.73. The maximum Gasteiger partial charge on any atom is 0.254 e. The Morgan fingerprint density at radius 2 is 1.86 bits per heavy atom. The van der Waals surface area contributed by atoms with Crippen molar-refractivity contribution in [3.8, 4) is 0 Å². The van der Waals surface area contributed by atoms with Crippen LogP contribution in [0.3, 0.4) is 0 Å². The molecule has 6 heteroatoms. The summed E-state index contributed by atoms with van der Waals surface area (Å²) in [6, 6.07) is 4.73. The van der Waals surface area contributed by atoms with Crippen molar-refractivity contribution < 1.29 is 8.42 Å². The molecule has 0 N–H and O–H groups in total. The summed E-state index contributed by atoms with van der Waals surface area (Å²) in [6.07, 6.45) is 1.29. The van der Waals surface area contributed by atoms with Gasteiger partial charge in [0, 0.05) is 26.1 Å². The van der Waals surface area contributed by atoms with Crippen molar-refractivity contribution in [1.82, 2.24) is 0 Å². The van der Waals surface area contributed by atoms with Crippen LogP contribution in [-0.4, -0.2) is 8.42 Å². The highest BCUT2D eigenvalue weighted by Crippen LogP contribution is 2.22. The molecule has 0 aromatic heterocycles. The molecule has 0 saturated heterocycles. The number of hydrogen-bond acceptors (Lipinski definition) is 2. The van der Waals surface area contributed by atoms with Crippen molar-refractivity contribution in [3.63, 3.8) is 0 Å². The standard InChI is InChI=1S/C8H5Cl3O2S/c9-7-1-2-8(10)6(5-7)3-4-14(11,12)13/h1-5H. The van der Waals surface area contributed by atoms with Crippen LogP contribution in [0.2, 0.25) is 10.0 Å². The van der Waals surface area contributed by atoms with Gasteiger partial charge in [-0.2, -0.15) is 0 Å². The highest BCUT2D eigenvalue weighted by molar-refractivity contribution is 8.16. The molecule has 0 fully saturated rings. The summed E-state index contributed by atoms with van der Waals surface area (Å²) in [5.41, 5.74) is 0.503. The van der Waals surface area contributed by atoms with E-state index in [1.807, 2.05) is 0 Å². The Labute approximate surface area is 96.5 Å². The number of benzene rings is 1. The van der Waals surface area contributed by atoms with E-state index in [4.69, 9.17) is 33.9 Å². The third kappa shape index (κ3) is 3.88. The Morgan fingerprint density at radius 3 is 2.43 bits per heavy atom. The number of rotatable bonds is 2. The summed E-state index contributed by atoms with van der Waals surface area (Å²) < 4.78 is 21.2. The van der Waals surface area contributed by atoms with Gasteiger partial charge in [0.2, 0.25) is 0 Å². The van der Waals surface area contributed by atoms with E-state index in [1.165, 1.54) is 6.08 Å². The molecule has 0 radical (unpaired) electrons. The molecule has 2 nitrogen and oxygen atoms in total. The summed E-state index contributed by atoms with van der Waals surface area (Å²) in [5.74, 6) is 0. The minimum absolute atomic E-state index is 0.408. The SMILES string of the molecule is O=S(=O)(Cl)C=Cc1cc(Cl)ccc1Cl. The number of halogens is 3. The third-order valence-corrected chi connectivity index (χ3v) is 2.72. The monoisotopic (exact) mass is 270 g/mol. The first-order chi connectivity index (χ1) is 6.38. The van der Waals surface area contributed by atoms with E-state index < -0.39 is 9.05 Å². The second-order valence-corrected chi connectivity index (χ2v) is 5.80. The summed E-state index contributed by atoms with van der Waals surface area (Å²) in [6.45, 7) is 0. The number of hydrogen-bond donors (Lipinski definition) is 0. The van der Waals surface area contributed by atoms with Crippen molar-refractivity contribution >= 4 is 49.0 Å². The predicted molar refractivity (Wildman–Crippen MR) is 60.3 cm³/mol. The van der Waals surface area contributed by atoms with Crippen LogP contribution >= 0.6 is 33.9 Å². The largest absolute Gasteiger partial charge is 0.254 e. The van der Waals surface area contributed by atoms with Gasteiger partial charge in [-0.05, 0) is 29.8 Å². The normalized spacial score (nSPS) is 12.2. The molecule has 14 heavy (non-hydrogen) atoms. The van der Waals surface area contributed by atoms with Crippen molar-refractivity contribution in [2.75, 3.05) is 0 Å². The van der Waals surface area contributed by atoms with Crippen LogP contribution in [0, 0.1) is 0 Å². The summed E-state index contributed by atoms with van der Waals surface area (Å²) >= 11 is 11.5. The van der Waals surface area contributed by atoms with Gasteiger partial charge in [-0.25, -0.2) is 8.42 Å². The van der Waals surface area contributed by atoms with Crippen LogP contribution < -0.4 is 0 Å². The van der Waals surface area contributed by atoms with Gasteiger partial charge in [-0.1, -0.05) is 23.2 Å². The Balaban J connectivity index is 3.09. The molecule has 0 unspecified atom stereocenters. The van der Waals surface area contributed by atoms with E-state index in [0.717, 1.165) is 5.41 Å². The third-order valence-electron chi connectivity index (χ3n) is 1.37. The second-order valence-electron chi connectivity index (χ2n) is 2.44. The Hall–Kier alpha value is -0.220. The first-order valence-electron chi connectivity index (χ1n) is 3.46. The highest BCUT2D eigenvalue weighted by atomic mass is 35.7. The van der Waals surface area contributed by atoms with E-state index in [2.05, 4.69) is 0 Å². The average molecular weight is 272 g/mol. The predicted octanol–water partition coefficient (Wildman–Crippen LogP) is 3.53. The molecule has 0 saturated carbocycles. The molecule has 0 bridgehead atoms. The Kier molecular flexibility index (Phi) is 3.84. The molecule has 76 valence electrons. The van der Waals surface area contributed by atoms with E-state index in [0.29, 0.717) is 15.6 Å². The van der Waals surface area contributed by atoms with Gasteiger partial charge in [-0.3, -0.25) is 0 Å². The molecule has 1 aromatic carbocycles. The minimum Gasteiger partial charge on any atom is -0.208 e. The first-order valence-corrected chi connectivity index (χ1v) is 6.59. The van der Waals surface area contributed by atoms with Gasteiger partial charge in [0.05, 0.1) is 0 Å². The molecular formula is C8H5Cl3O2S. The quantitative estimate of drug-likeness (QED) is 0.771. The lowest BCUT2D eigenvalue weighted by atomic mass is 10.2. The molecule has 0 amide bonds. The smallest absolute Gasteiger partial charge is 0.208 e. The average Bonchev–Trinajstić information content (AvgIpc) is 2.05. The van der Waals surface area contributed by atoms with Gasteiger partial charge in [0.1, 0.15) is 0 Å². The van der Waals surface area contributed by atoms with Gasteiger partial charge in [0.25, 0.3) is 9.05 Å². The van der Waals surface area contributed by atoms with E-state index in [9.17, 15) is 8.42 Å². The van der Waals surface area contributed by atoms with E-state index in [1.54, 1.807) is 18.2 Å². The zero-order valence-electron chi connectivity index (χ0n) is 6.75. The fourth-order valence-electron chi connectivity index (χ4n) is 0.797. The lowest BCUT2D eigenvalue weighted by Gasteiger charge is -1.97. The van der Waals surface area contributed by atoms with Crippen molar-refractivity contribution in [2.24, 2.45) is 0 Å². The van der Waals surface area contributed by atoms with Crippen LogP contribution in [-0.2, 0) is 9.05 Å². The molecule has 0 spiro atoms. The molecule has 0 atom stereocenters. The first kappa shape index (κ1) is 11.9. The van der Waals surface area contributed by atoms with Crippen LogP contribution in [0.4, 0.5) is 0 Å². The van der Waals surface area contributed by atoms with Gasteiger partial charge in [-0.15, -0.1) is 0 Å². The van der Waals surface area contributed by atoms with Crippen molar-refractivity contribution in [2.45, 2.75) is 0 Å². The lowest BCUT2D eigenvalue weighted by Crippen LogP contribution is -1.80. The fraction of sp³-hybridized carbons (Fsp3) is 0. The maximum atomic E-state index is 10.6. The second kappa shape index (κ2) is 4.53. The molecule has 0 heterocycles.